The molecule has 0 aromatic carbocycles. The van der Waals surface area contributed by atoms with Crippen molar-refractivity contribution in [2.24, 2.45) is 0 Å². The van der Waals surface area contributed by atoms with Crippen molar-refractivity contribution in [3.05, 3.63) is 34.7 Å². The molecular formula is C16H19N3O2S3. The van der Waals surface area contributed by atoms with Crippen molar-refractivity contribution in [1.29, 1.82) is 0 Å². The molecule has 2 heterocycles. The fraction of sp³-hybridized carbons (Fsp3) is 0.375. The first-order valence-corrected chi connectivity index (χ1v) is 10.0. The number of H-pyrrole nitrogens is 1. The minimum atomic E-state index is -0.0422. The lowest BCUT2D eigenvalue weighted by atomic mass is 10.1. The first kappa shape index (κ1) is 19.0. The summed E-state index contributed by atoms with van der Waals surface area (Å²) in [6.45, 7) is 11.0. The van der Waals surface area contributed by atoms with Crippen molar-refractivity contribution >= 4 is 46.4 Å². The van der Waals surface area contributed by atoms with Gasteiger partial charge in [-0.15, -0.1) is 10.2 Å². The quantitative estimate of drug-likeness (QED) is 0.417. The number of ketones is 2. The van der Waals surface area contributed by atoms with Crippen LogP contribution >= 0.6 is 34.9 Å². The van der Waals surface area contributed by atoms with E-state index in [1.54, 1.807) is 18.7 Å². The number of carbonyl (C=O) groups excluding carboxylic acids is 2. The molecule has 0 amide bonds. The van der Waals surface area contributed by atoms with Gasteiger partial charge in [0.25, 0.3) is 0 Å². The minimum Gasteiger partial charge on any atom is -0.355 e. The van der Waals surface area contributed by atoms with E-state index in [4.69, 9.17) is 0 Å². The van der Waals surface area contributed by atoms with Gasteiger partial charge in [-0.1, -0.05) is 47.0 Å². The van der Waals surface area contributed by atoms with Gasteiger partial charge in [-0.3, -0.25) is 9.59 Å². The third kappa shape index (κ3) is 4.58. The lowest BCUT2D eigenvalue weighted by molar-refractivity contribution is 0.101. The average Bonchev–Trinajstić information content (AvgIpc) is 3.07. The summed E-state index contributed by atoms with van der Waals surface area (Å²) in [6, 6.07) is 0. The molecule has 2 rings (SSSR count). The monoisotopic (exact) mass is 381 g/mol. The number of Topliss-reactive ketones (excluding diaryl/α,β-unsaturated/α-hetero) is 2. The number of carbonyl (C=O) groups is 2. The first-order valence-electron chi connectivity index (χ1n) is 7.26. The molecule has 1 N–H and O–H groups in total. The second kappa shape index (κ2) is 8.13. The molecule has 0 radical (unpaired) electrons. The van der Waals surface area contributed by atoms with Crippen LogP contribution in [0.25, 0.3) is 0 Å². The summed E-state index contributed by atoms with van der Waals surface area (Å²) >= 11 is 4.44. The van der Waals surface area contributed by atoms with E-state index in [9.17, 15) is 9.59 Å². The molecule has 0 fully saturated rings. The Hall–Kier alpha value is -1.38. The van der Waals surface area contributed by atoms with Crippen molar-refractivity contribution in [3.63, 3.8) is 0 Å². The highest BCUT2D eigenvalue weighted by Gasteiger charge is 2.20. The largest absolute Gasteiger partial charge is 0.355 e. The van der Waals surface area contributed by atoms with Crippen molar-refractivity contribution in [3.8, 4) is 0 Å². The summed E-state index contributed by atoms with van der Waals surface area (Å²) in [4.78, 5) is 27.1. The number of aryl methyl sites for hydroxylation is 1. The predicted octanol–water partition coefficient (Wildman–Crippen LogP) is 4.33. The van der Waals surface area contributed by atoms with Gasteiger partial charge in [-0.25, -0.2) is 0 Å². The molecule has 5 nitrogen and oxygen atoms in total. The normalized spacial score (nSPS) is 10.8. The number of thioether (sulfide) groups is 2. The molecule has 0 unspecified atom stereocenters. The van der Waals surface area contributed by atoms with Gasteiger partial charge in [0.1, 0.15) is 0 Å². The van der Waals surface area contributed by atoms with Crippen LogP contribution in [0, 0.1) is 13.8 Å². The van der Waals surface area contributed by atoms with E-state index in [1.165, 1.54) is 30.0 Å². The molecule has 8 heteroatoms. The van der Waals surface area contributed by atoms with Crippen LogP contribution in [0.4, 0.5) is 0 Å². The van der Waals surface area contributed by atoms with Crippen LogP contribution in [0.3, 0.4) is 0 Å². The summed E-state index contributed by atoms with van der Waals surface area (Å²) in [5.41, 5.74) is 3.66. The molecule has 2 aromatic heterocycles. The molecule has 0 atom stereocenters. The maximum atomic E-state index is 12.4. The van der Waals surface area contributed by atoms with Crippen LogP contribution in [0.15, 0.2) is 20.8 Å². The Morgan fingerprint density at radius 1 is 1.12 bits per heavy atom. The van der Waals surface area contributed by atoms with E-state index in [0.29, 0.717) is 11.3 Å². The van der Waals surface area contributed by atoms with E-state index in [-0.39, 0.29) is 17.3 Å². The summed E-state index contributed by atoms with van der Waals surface area (Å²) in [5, 5.41) is 8.20. The summed E-state index contributed by atoms with van der Waals surface area (Å²) in [7, 11) is 0. The molecular weight excluding hydrogens is 362 g/mol. The van der Waals surface area contributed by atoms with Crippen molar-refractivity contribution in [2.45, 2.75) is 36.4 Å². The lowest BCUT2D eigenvalue weighted by Gasteiger charge is -1.99. The number of nitrogens with zero attached hydrogens (tertiary/aromatic N) is 2. The van der Waals surface area contributed by atoms with Gasteiger partial charge in [-0.05, 0) is 33.3 Å². The standard InChI is InChI=1S/C16H19N3O2S3/c1-8(2)6-22-15-18-19-16(24-15)23-7-12(21)14-9(3)13(11(5)20)10(4)17-14/h17H,1,6-7H2,2-5H3. The van der Waals surface area contributed by atoms with Crippen molar-refractivity contribution in [1.82, 2.24) is 15.2 Å². The second-order valence-electron chi connectivity index (χ2n) is 5.47. The molecule has 0 aliphatic carbocycles. The van der Waals surface area contributed by atoms with Crippen molar-refractivity contribution in [2.75, 3.05) is 11.5 Å². The minimum absolute atomic E-state index is 0.0312. The fourth-order valence-corrected chi connectivity index (χ4v) is 4.99. The molecule has 0 aliphatic rings. The molecule has 0 spiro atoms. The number of hydrogen-bond donors (Lipinski definition) is 1. The topological polar surface area (TPSA) is 75.7 Å². The molecule has 2 aromatic rings. The average molecular weight is 382 g/mol. The van der Waals surface area contributed by atoms with E-state index in [0.717, 1.165) is 31.3 Å². The Morgan fingerprint density at radius 2 is 1.71 bits per heavy atom. The Morgan fingerprint density at radius 3 is 2.21 bits per heavy atom. The van der Waals surface area contributed by atoms with Gasteiger partial charge in [0.2, 0.25) is 0 Å². The second-order valence-corrected chi connectivity index (χ2v) is 8.90. The van der Waals surface area contributed by atoms with Gasteiger partial charge >= 0.3 is 0 Å². The lowest BCUT2D eigenvalue weighted by Crippen LogP contribution is -2.05. The number of aromatic amines is 1. The molecule has 0 saturated carbocycles. The fourth-order valence-electron chi connectivity index (χ4n) is 2.26. The molecule has 0 bridgehead atoms. The predicted molar refractivity (Wildman–Crippen MR) is 101 cm³/mol. The van der Waals surface area contributed by atoms with Gasteiger partial charge in [-0.2, -0.15) is 0 Å². The molecule has 0 saturated heterocycles. The van der Waals surface area contributed by atoms with Gasteiger partial charge in [0.15, 0.2) is 20.2 Å². The Bertz CT molecular complexity index is 793. The highest BCUT2D eigenvalue weighted by atomic mass is 32.2. The zero-order valence-corrected chi connectivity index (χ0v) is 16.5. The third-order valence-corrected chi connectivity index (χ3v) is 6.65. The third-order valence-electron chi connectivity index (χ3n) is 3.23. The number of nitrogens with one attached hydrogen (secondary N) is 1. The number of aromatic nitrogens is 3. The van der Waals surface area contributed by atoms with E-state index in [2.05, 4.69) is 21.8 Å². The highest BCUT2D eigenvalue weighted by Crippen LogP contribution is 2.30. The smallest absolute Gasteiger partial charge is 0.189 e. The van der Waals surface area contributed by atoms with Crippen LogP contribution in [-0.4, -0.2) is 38.3 Å². The Balaban J connectivity index is 2.00. The van der Waals surface area contributed by atoms with Gasteiger partial charge in [0, 0.05) is 17.0 Å². The number of rotatable bonds is 8. The van der Waals surface area contributed by atoms with Crippen LogP contribution in [0.1, 0.15) is 46.0 Å². The Labute approximate surface area is 153 Å². The zero-order chi connectivity index (χ0) is 17.9. The van der Waals surface area contributed by atoms with Gasteiger partial charge < -0.3 is 4.98 Å². The van der Waals surface area contributed by atoms with Crippen LogP contribution in [0.2, 0.25) is 0 Å². The van der Waals surface area contributed by atoms with Crippen LogP contribution in [-0.2, 0) is 0 Å². The maximum absolute atomic E-state index is 12.4. The number of hydrogen-bond acceptors (Lipinski definition) is 7. The highest BCUT2D eigenvalue weighted by molar-refractivity contribution is 8.03. The maximum Gasteiger partial charge on any atom is 0.189 e. The van der Waals surface area contributed by atoms with E-state index in [1.807, 2.05) is 13.8 Å². The van der Waals surface area contributed by atoms with Crippen LogP contribution in [0.5, 0.6) is 0 Å². The van der Waals surface area contributed by atoms with E-state index >= 15 is 0 Å². The molecule has 0 aliphatic heterocycles. The van der Waals surface area contributed by atoms with Crippen molar-refractivity contribution < 1.29 is 9.59 Å². The molecule has 128 valence electrons. The SMILES string of the molecule is C=C(C)CSc1nnc(SCC(=O)c2[nH]c(C)c(C(C)=O)c2C)s1. The summed E-state index contributed by atoms with van der Waals surface area (Å²) < 4.78 is 1.64. The first-order chi connectivity index (χ1) is 11.3. The van der Waals surface area contributed by atoms with Crippen LogP contribution < -0.4 is 0 Å². The zero-order valence-electron chi connectivity index (χ0n) is 14.1. The summed E-state index contributed by atoms with van der Waals surface area (Å²) in [6.07, 6.45) is 0. The van der Waals surface area contributed by atoms with E-state index < -0.39 is 0 Å². The molecule has 24 heavy (non-hydrogen) atoms. The van der Waals surface area contributed by atoms with Gasteiger partial charge in [0.05, 0.1) is 11.4 Å². The summed E-state index contributed by atoms with van der Waals surface area (Å²) in [5.74, 6) is 1.00. The Kier molecular flexibility index (Phi) is 6.42.